The van der Waals surface area contributed by atoms with Gasteiger partial charge in [0.15, 0.2) is 5.78 Å². The van der Waals surface area contributed by atoms with Gasteiger partial charge in [-0.3, -0.25) is 9.59 Å². The quantitative estimate of drug-likeness (QED) is 0.637. The predicted octanol–water partition coefficient (Wildman–Crippen LogP) is 3.86. The Morgan fingerprint density at radius 2 is 1.43 bits per heavy atom. The summed E-state index contributed by atoms with van der Waals surface area (Å²) in [4.78, 5) is 24.9. The summed E-state index contributed by atoms with van der Waals surface area (Å²) in [6.07, 6.45) is 0. The average Bonchev–Trinajstić information content (AvgIpc) is 2.77. The van der Waals surface area contributed by atoms with E-state index in [1.807, 2.05) is 30.3 Å². The van der Waals surface area contributed by atoms with Crippen LogP contribution in [0.15, 0.2) is 72.8 Å². The van der Waals surface area contributed by atoms with Gasteiger partial charge in [-0.1, -0.05) is 42.5 Å². The number of carbonyl (C=O) groups excluding carboxylic acids is 2. The predicted molar refractivity (Wildman–Crippen MR) is 107 cm³/mol. The molecule has 0 bridgehead atoms. The number of ether oxygens (including phenoxy) is 2. The third kappa shape index (κ3) is 4.38. The van der Waals surface area contributed by atoms with Crippen molar-refractivity contribution in [1.29, 1.82) is 0 Å². The molecule has 5 nitrogen and oxygen atoms in total. The maximum atomic E-state index is 12.4. The van der Waals surface area contributed by atoms with Gasteiger partial charge < -0.3 is 14.8 Å². The van der Waals surface area contributed by atoms with Crippen LogP contribution in [0.1, 0.15) is 31.8 Å². The third-order valence-corrected chi connectivity index (χ3v) is 4.38. The SMILES string of the molecule is COc1ccc(CNC(=O)c2ccc(C(=O)c3ccccc3)cc2)c(OC)c1. The zero-order valence-electron chi connectivity index (χ0n) is 15.8. The van der Waals surface area contributed by atoms with Crippen molar-refractivity contribution in [2.45, 2.75) is 6.54 Å². The molecule has 0 aliphatic heterocycles. The Kier molecular flexibility index (Phi) is 6.07. The molecule has 0 radical (unpaired) electrons. The van der Waals surface area contributed by atoms with E-state index in [9.17, 15) is 9.59 Å². The van der Waals surface area contributed by atoms with Gasteiger partial charge in [-0.15, -0.1) is 0 Å². The second-order valence-electron chi connectivity index (χ2n) is 6.13. The molecule has 142 valence electrons. The maximum absolute atomic E-state index is 12.4. The number of rotatable bonds is 7. The summed E-state index contributed by atoms with van der Waals surface area (Å²) in [6, 6.07) is 21.1. The first-order valence-corrected chi connectivity index (χ1v) is 8.81. The van der Waals surface area contributed by atoms with E-state index < -0.39 is 0 Å². The molecule has 3 aromatic rings. The fourth-order valence-electron chi connectivity index (χ4n) is 2.80. The zero-order chi connectivity index (χ0) is 19.9. The standard InChI is InChI=1S/C23H21NO4/c1-27-20-13-12-19(21(14-20)28-2)15-24-23(26)18-10-8-17(9-11-18)22(25)16-6-4-3-5-7-16/h3-14H,15H2,1-2H3,(H,24,26). The highest BCUT2D eigenvalue weighted by molar-refractivity contribution is 6.09. The van der Waals surface area contributed by atoms with Crippen molar-refractivity contribution in [3.05, 3.63) is 95.1 Å². The van der Waals surface area contributed by atoms with Gasteiger partial charge in [0.2, 0.25) is 0 Å². The summed E-state index contributed by atoms with van der Waals surface area (Å²) in [6.45, 7) is 0.316. The lowest BCUT2D eigenvalue weighted by atomic mass is 10.0. The molecule has 3 rings (SSSR count). The average molecular weight is 375 g/mol. The van der Waals surface area contributed by atoms with Crippen molar-refractivity contribution in [3.8, 4) is 11.5 Å². The Bertz CT molecular complexity index is 966. The molecule has 1 amide bonds. The number of carbonyl (C=O) groups is 2. The molecule has 0 saturated carbocycles. The first-order valence-electron chi connectivity index (χ1n) is 8.81. The summed E-state index contributed by atoms with van der Waals surface area (Å²) in [5, 5.41) is 2.86. The Morgan fingerprint density at radius 3 is 2.07 bits per heavy atom. The zero-order valence-corrected chi connectivity index (χ0v) is 15.8. The highest BCUT2D eigenvalue weighted by atomic mass is 16.5. The Hall–Kier alpha value is -3.60. The monoisotopic (exact) mass is 375 g/mol. The normalized spacial score (nSPS) is 10.2. The van der Waals surface area contributed by atoms with E-state index in [0.717, 1.165) is 5.56 Å². The van der Waals surface area contributed by atoms with Crippen LogP contribution < -0.4 is 14.8 Å². The number of amides is 1. The van der Waals surface area contributed by atoms with Gasteiger partial charge in [-0.2, -0.15) is 0 Å². The molecular formula is C23H21NO4. The van der Waals surface area contributed by atoms with Gasteiger partial charge in [0.25, 0.3) is 5.91 Å². The number of benzene rings is 3. The minimum absolute atomic E-state index is 0.0736. The number of hydrogen-bond acceptors (Lipinski definition) is 4. The summed E-state index contributed by atoms with van der Waals surface area (Å²) >= 11 is 0. The van der Waals surface area contributed by atoms with Crippen molar-refractivity contribution in [1.82, 2.24) is 5.32 Å². The molecule has 0 spiro atoms. The molecule has 5 heteroatoms. The minimum Gasteiger partial charge on any atom is -0.497 e. The lowest BCUT2D eigenvalue weighted by Gasteiger charge is -2.11. The Labute approximate surface area is 163 Å². The van der Waals surface area contributed by atoms with Gasteiger partial charge in [0.05, 0.1) is 14.2 Å². The number of hydrogen-bond donors (Lipinski definition) is 1. The maximum Gasteiger partial charge on any atom is 0.251 e. The Balaban J connectivity index is 1.66. The van der Waals surface area contributed by atoms with E-state index in [1.165, 1.54) is 0 Å². The third-order valence-electron chi connectivity index (χ3n) is 4.38. The number of nitrogens with one attached hydrogen (secondary N) is 1. The smallest absolute Gasteiger partial charge is 0.251 e. The van der Waals surface area contributed by atoms with Crippen molar-refractivity contribution in [2.75, 3.05) is 14.2 Å². The van der Waals surface area contributed by atoms with Crippen molar-refractivity contribution < 1.29 is 19.1 Å². The molecule has 28 heavy (non-hydrogen) atoms. The fourth-order valence-corrected chi connectivity index (χ4v) is 2.80. The minimum atomic E-state index is -0.225. The Morgan fingerprint density at radius 1 is 0.786 bits per heavy atom. The lowest BCUT2D eigenvalue weighted by Crippen LogP contribution is -2.23. The van der Waals surface area contributed by atoms with Crippen LogP contribution in [0.25, 0.3) is 0 Å². The number of ketones is 1. The first kappa shape index (κ1) is 19.2. The summed E-state index contributed by atoms with van der Waals surface area (Å²) in [7, 11) is 3.16. The van der Waals surface area contributed by atoms with E-state index in [-0.39, 0.29) is 11.7 Å². The van der Waals surface area contributed by atoms with Crippen LogP contribution >= 0.6 is 0 Å². The number of methoxy groups -OCH3 is 2. The second-order valence-corrected chi connectivity index (χ2v) is 6.13. The highest BCUT2D eigenvalue weighted by Gasteiger charge is 2.12. The lowest BCUT2D eigenvalue weighted by molar-refractivity contribution is 0.0949. The molecule has 0 heterocycles. The van der Waals surface area contributed by atoms with Gasteiger partial charge in [0, 0.05) is 34.9 Å². The molecule has 0 aromatic heterocycles. The van der Waals surface area contributed by atoms with Crippen molar-refractivity contribution in [2.24, 2.45) is 0 Å². The van der Waals surface area contributed by atoms with E-state index in [1.54, 1.807) is 56.7 Å². The van der Waals surface area contributed by atoms with Gasteiger partial charge >= 0.3 is 0 Å². The molecule has 0 aliphatic carbocycles. The van der Waals surface area contributed by atoms with Crippen LogP contribution in [0.3, 0.4) is 0 Å². The van der Waals surface area contributed by atoms with Crippen LogP contribution in [-0.4, -0.2) is 25.9 Å². The largest absolute Gasteiger partial charge is 0.497 e. The molecule has 0 saturated heterocycles. The van der Waals surface area contributed by atoms with Crippen LogP contribution in [0, 0.1) is 0 Å². The molecule has 3 aromatic carbocycles. The fraction of sp³-hybridized carbons (Fsp3) is 0.130. The van der Waals surface area contributed by atoms with Gasteiger partial charge in [-0.25, -0.2) is 0 Å². The van der Waals surface area contributed by atoms with Crippen LogP contribution in [0.4, 0.5) is 0 Å². The van der Waals surface area contributed by atoms with Crippen molar-refractivity contribution >= 4 is 11.7 Å². The van der Waals surface area contributed by atoms with E-state index >= 15 is 0 Å². The summed E-state index contributed by atoms with van der Waals surface area (Å²) in [5.74, 6) is 1.03. The first-order chi connectivity index (χ1) is 13.6. The molecule has 0 atom stereocenters. The van der Waals surface area contributed by atoms with Gasteiger partial charge in [-0.05, 0) is 24.3 Å². The molecule has 0 fully saturated rings. The van der Waals surface area contributed by atoms with Crippen LogP contribution in [0.2, 0.25) is 0 Å². The molecular weight excluding hydrogens is 354 g/mol. The topological polar surface area (TPSA) is 64.6 Å². The summed E-state index contributed by atoms with van der Waals surface area (Å²) < 4.78 is 10.5. The van der Waals surface area contributed by atoms with Crippen LogP contribution in [-0.2, 0) is 6.54 Å². The van der Waals surface area contributed by atoms with Gasteiger partial charge in [0.1, 0.15) is 11.5 Å². The van der Waals surface area contributed by atoms with E-state index in [0.29, 0.717) is 34.7 Å². The van der Waals surface area contributed by atoms with Crippen molar-refractivity contribution in [3.63, 3.8) is 0 Å². The molecule has 1 N–H and O–H groups in total. The van der Waals surface area contributed by atoms with E-state index in [4.69, 9.17) is 9.47 Å². The molecule has 0 aliphatic rings. The molecule has 0 unspecified atom stereocenters. The highest BCUT2D eigenvalue weighted by Crippen LogP contribution is 2.24. The summed E-state index contributed by atoms with van der Waals surface area (Å²) in [5.41, 5.74) is 2.48. The van der Waals surface area contributed by atoms with Crippen LogP contribution in [0.5, 0.6) is 11.5 Å². The van der Waals surface area contributed by atoms with E-state index in [2.05, 4.69) is 5.32 Å². The second kappa shape index (κ2) is 8.86.